The van der Waals surface area contributed by atoms with Gasteiger partial charge in [-0.15, -0.1) is 0 Å². The average molecular weight is 288 g/mol. The fraction of sp³-hybridized carbons (Fsp3) is 0.571. The van der Waals surface area contributed by atoms with Crippen LogP contribution in [0.1, 0.15) is 18.5 Å². The molecular formula is C14H22ClNO3. The molecule has 0 radical (unpaired) electrons. The number of hydrogen-bond acceptors (Lipinski definition) is 4. The Hall–Kier alpha value is -0.650. The highest BCUT2D eigenvalue weighted by atomic mass is 35.5. The molecule has 0 saturated heterocycles. The van der Waals surface area contributed by atoms with E-state index in [1.54, 1.807) is 7.11 Å². The largest absolute Gasteiger partial charge is 0.389 e. The molecular weight excluding hydrogens is 266 g/mol. The van der Waals surface area contributed by atoms with Gasteiger partial charge in [0.25, 0.3) is 0 Å². The average Bonchev–Trinajstić information content (AvgIpc) is 2.41. The van der Waals surface area contributed by atoms with Crippen LogP contribution in [0.25, 0.3) is 0 Å². The molecule has 1 aromatic rings. The summed E-state index contributed by atoms with van der Waals surface area (Å²) >= 11 is 5.94. The minimum absolute atomic E-state index is 0.132. The second kappa shape index (κ2) is 9.28. The molecule has 0 bridgehead atoms. The third-order valence-electron chi connectivity index (χ3n) is 2.75. The van der Waals surface area contributed by atoms with Gasteiger partial charge in [-0.05, 0) is 24.6 Å². The number of nitrogens with one attached hydrogen (secondary N) is 1. The molecule has 5 heteroatoms. The van der Waals surface area contributed by atoms with Crippen molar-refractivity contribution in [3.8, 4) is 0 Å². The van der Waals surface area contributed by atoms with Gasteiger partial charge >= 0.3 is 0 Å². The van der Waals surface area contributed by atoms with Gasteiger partial charge in [0.1, 0.15) is 0 Å². The summed E-state index contributed by atoms with van der Waals surface area (Å²) in [5.41, 5.74) is 1.10. The lowest BCUT2D eigenvalue weighted by Gasteiger charge is -2.17. The standard InChI is InChI=1S/C14H22ClNO3/c1-11(12-4-3-5-13(15)8-12)16-9-14(17)10-19-7-6-18-2/h3-5,8,11,14,16-17H,6-7,9-10H2,1-2H3/t11-,14?/m1/s1. The van der Waals surface area contributed by atoms with Gasteiger partial charge in [0.15, 0.2) is 0 Å². The molecule has 0 spiro atoms. The van der Waals surface area contributed by atoms with Gasteiger partial charge in [0.05, 0.1) is 25.9 Å². The quantitative estimate of drug-likeness (QED) is 0.682. The maximum atomic E-state index is 9.74. The van der Waals surface area contributed by atoms with Gasteiger partial charge in [0.2, 0.25) is 0 Å². The molecule has 108 valence electrons. The number of rotatable bonds is 9. The van der Waals surface area contributed by atoms with Crippen LogP contribution in [0.3, 0.4) is 0 Å². The number of aliphatic hydroxyl groups excluding tert-OH is 1. The minimum atomic E-state index is -0.529. The van der Waals surface area contributed by atoms with E-state index in [4.69, 9.17) is 21.1 Å². The Morgan fingerprint density at radius 2 is 2.16 bits per heavy atom. The Morgan fingerprint density at radius 3 is 2.84 bits per heavy atom. The summed E-state index contributed by atoms with van der Waals surface area (Å²) in [4.78, 5) is 0. The van der Waals surface area contributed by atoms with E-state index in [1.165, 1.54) is 0 Å². The van der Waals surface area contributed by atoms with Crippen LogP contribution in [-0.4, -0.2) is 44.7 Å². The summed E-state index contributed by atoms with van der Waals surface area (Å²) < 4.78 is 10.1. The van der Waals surface area contributed by atoms with Crippen molar-refractivity contribution < 1.29 is 14.6 Å². The van der Waals surface area contributed by atoms with Gasteiger partial charge < -0.3 is 19.9 Å². The van der Waals surface area contributed by atoms with E-state index in [1.807, 2.05) is 31.2 Å². The highest BCUT2D eigenvalue weighted by Crippen LogP contribution is 2.17. The lowest BCUT2D eigenvalue weighted by molar-refractivity contribution is 0.0130. The molecule has 0 amide bonds. The molecule has 1 rings (SSSR count). The molecule has 1 aromatic carbocycles. The van der Waals surface area contributed by atoms with E-state index in [9.17, 15) is 5.11 Å². The molecule has 2 N–H and O–H groups in total. The summed E-state index contributed by atoms with van der Waals surface area (Å²) in [6.07, 6.45) is -0.529. The Bertz CT molecular complexity index is 362. The summed E-state index contributed by atoms with van der Waals surface area (Å²) in [5, 5.41) is 13.7. The number of benzene rings is 1. The normalized spacial score (nSPS) is 14.3. The van der Waals surface area contributed by atoms with E-state index in [-0.39, 0.29) is 6.04 Å². The van der Waals surface area contributed by atoms with E-state index in [2.05, 4.69) is 5.32 Å². The topological polar surface area (TPSA) is 50.7 Å². The molecule has 0 aliphatic rings. The van der Waals surface area contributed by atoms with Crippen LogP contribution in [0.5, 0.6) is 0 Å². The maximum absolute atomic E-state index is 9.74. The number of methoxy groups -OCH3 is 1. The molecule has 2 atom stereocenters. The molecule has 0 aliphatic carbocycles. The van der Waals surface area contributed by atoms with Crippen molar-refractivity contribution in [2.24, 2.45) is 0 Å². The smallest absolute Gasteiger partial charge is 0.0897 e. The van der Waals surface area contributed by atoms with Crippen LogP contribution in [0.15, 0.2) is 24.3 Å². The highest BCUT2D eigenvalue weighted by Gasteiger charge is 2.09. The SMILES string of the molecule is COCCOCC(O)CN[C@H](C)c1cccc(Cl)c1. The molecule has 0 aromatic heterocycles. The number of hydrogen-bond donors (Lipinski definition) is 2. The predicted molar refractivity (Wildman–Crippen MR) is 76.6 cm³/mol. The zero-order valence-electron chi connectivity index (χ0n) is 11.4. The van der Waals surface area contributed by atoms with Crippen LogP contribution < -0.4 is 5.32 Å². The van der Waals surface area contributed by atoms with Crippen LogP contribution in [0.4, 0.5) is 0 Å². The summed E-state index contributed by atoms with van der Waals surface area (Å²) in [6, 6.07) is 7.81. The number of ether oxygens (including phenoxy) is 2. The monoisotopic (exact) mass is 287 g/mol. The van der Waals surface area contributed by atoms with Gasteiger partial charge in [0, 0.05) is 24.7 Å². The summed E-state index contributed by atoms with van der Waals surface area (Å²) in [5.74, 6) is 0. The Morgan fingerprint density at radius 1 is 1.37 bits per heavy atom. The number of halogens is 1. The van der Waals surface area contributed by atoms with Crippen molar-refractivity contribution in [1.29, 1.82) is 0 Å². The second-order valence-corrected chi connectivity index (χ2v) is 4.84. The molecule has 0 aliphatic heterocycles. The Labute approximate surface area is 119 Å². The Balaban J connectivity index is 2.24. The van der Waals surface area contributed by atoms with Crippen LogP contribution in [0.2, 0.25) is 5.02 Å². The van der Waals surface area contributed by atoms with Crippen molar-refractivity contribution in [3.63, 3.8) is 0 Å². The van der Waals surface area contributed by atoms with Gasteiger partial charge in [-0.1, -0.05) is 23.7 Å². The third kappa shape index (κ3) is 6.89. The molecule has 0 saturated carbocycles. The van der Waals surface area contributed by atoms with Gasteiger partial charge in [-0.2, -0.15) is 0 Å². The highest BCUT2D eigenvalue weighted by molar-refractivity contribution is 6.30. The fourth-order valence-electron chi connectivity index (χ4n) is 1.63. The van der Waals surface area contributed by atoms with E-state index < -0.39 is 6.10 Å². The van der Waals surface area contributed by atoms with Crippen molar-refractivity contribution in [2.75, 3.05) is 33.5 Å². The van der Waals surface area contributed by atoms with E-state index in [0.29, 0.717) is 26.4 Å². The third-order valence-corrected chi connectivity index (χ3v) is 2.99. The van der Waals surface area contributed by atoms with Crippen molar-refractivity contribution >= 4 is 11.6 Å². The van der Waals surface area contributed by atoms with Crippen LogP contribution in [-0.2, 0) is 9.47 Å². The van der Waals surface area contributed by atoms with Gasteiger partial charge in [-0.25, -0.2) is 0 Å². The first-order valence-electron chi connectivity index (χ1n) is 6.37. The van der Waals surface area contributed by atoms with Crippen LogP contribution in [0, 0.1) is 0 Å². The van der Waals surface area contributed by atoms with Crippen molar-refractivity contribution in [2.45, 2.75) is 19.1 Å². The van der Waals surface area contributed by atoms with Crippen molar-refractivity contribution in [3.05, 3.63) is 34.9 Å². The first kappa shape index (κ1) is 16.4. The summed E-state index contributed by atoms with van der Waals surface area (Å²) in [7, 11) is 1.62. The zero-order valence-corrected chi connectivity index (χ0v) is 12.2. The Kier molecular flexibility index (Phi) is 8.02. The first-order valence-corrected chi connectivity index (χ1v) is 6.75. The molecule has 0 fully saturated rings. The minimum Gasteiger partial charge on any atom is -0.389 e. The van der Waals surface area contributed by atoms with Crippen molar-refractivity contribution in [1.82, 2.24) is 5.32 Å². The molecule has 19 heavy (non-hydrogen) atoms. The lowest BCUT2D eigenvalue weighted by atomic mass is 10.1. The molecule has 4 nitrogen and oxygen atoms in total. The second-order valence-electron chi connectivity index (χ2n) is 4.41. The van der Waals surface area contributed by atoms with E-state index in [0.717, 1.165) is 10.6 Å². The maximum Gasteiger partial charge on any atom is 0.0897 e. The van der Waals surface area contributed by atoms with Gasteiger partial charge in [-0.3, -0.25) is 0 Å². The van der Waals surface area contributed by atoms with Crippen LogP contribution >= 0.6 is 11.6 Å². The summed E-state index contributed by atoms with van der Waals surface area (Å²) in [6.45, 7) is 3.85. The fourth-order valence-corrected chi connectivity index (χ4v) is 1.83. The van der Waals surface area contributed by atoms with E-state index >= 15 is 0 Å². The number of aliphatic hydroxyl groups is 1. The first-order chi connectivity index (χ1) is 9.13. The zero-order chi connectivity index (χ0) is 14.1. The molecule has 0 heterocycles. The lowest BCUT2D eigenvalue weighted by Crippen LogP contribution is -2.32. The molecule has 1 unspecified atom stereocenters. The predicted octanol–water partition coefficient (Wildman–Crippen LogP) is 2.01.